The minimum absolute atomic E-state index is 0.0414. The first kappa shape index (κ1) is 23.2. The van der Waals surface area contributed by atoms with Crippen LogP contribution in [-0.2, 0) is 14.8 Å². The molecule has 9 heteroatoms. The van der Waals surface area contributed by atoms with E-state index in [4.69, 9.17) is 4.74 Å². The molecule has 0 bridgehead atoms. The molecule has 2 rings (SSSR count). The van der Waals surface area contributed by atoms with Gasteiger partial charge in [-0.15, -0.1) is 0 Å². The molecular weight excluding hydrogens is 458 g/mol. The molecule has 2 aromatic rings. The number of methoxy groups -OCH3 is 1. The van der Waals surface area contributed by atoms with Crippen molar-refractivity contribution in [1.82, 2.24) is 4.31 Å². The third-order valence-electron chi connectivity index (χ3n) is 4.40. The molecule has 0 atom stereocenters. The maximum Gasteiger partial charge on any atom is 0.243 e. The quantitative estimate of drug-likeness (QED) is 0.565. The number of amides is 1. The van der Waals surface area contributed by atoms with E-state index in [-0.39, 0.29) is 17.3 Å². The molecule has 2 aromatic carbocycles. The third-order valence-corrected chi connectivity index (χ3v) is 7.33. The van der Waals surface area contributed by atoms with Crippen molar-refractivity contribution in [3.05, 3.63) is 46.4 Å². The molecule has 0 aliphatic heterocycles. The van der Waals surface area contributed by atoms with Gasteiger partial charge in [0.1, 0.15) is 5.75 Å². The summed E-state index contributed by atoms with van der Waals surface area (Å²) in [6.07, 6.45) is 0. The number of rotatable bonds is 9. The van der Waals surface area contributed by atoms with E-state index in [0.717, 1.165) is 10.0 Å². The Balaban J connectivity index is 2.16. The highest BCUT2D eigenvalue weighted by Gasteiger charge is 2.23. The topological polar surface area (TPSA) is 87.7 Å². The van der Waals surface area contributed by atoms with Gasteiger partial charge in [-0.25, -0.2) is 8.42 Å². The summed E-state index contributed by atoms with van der Waals surface area (Å²) in [4.78, 5) is 12.5. The Labute approximate surface area is 180 Å². The van der Waals surface area contributed by atoms with Crippen molar-refractivity contribution in [3.63, 3.8) is 0 Å². The molecule has 29 heavy (non-hydrogen) atoms. The lowest BCUT2D eigenvalue weighted by molar-refractivity contribution is -0.114. The first-order valence-corrected chi connectivity index (χ1v) is 11.4. The van der Waals surface area contributed by atoms with Gasteiger partial charge in [-0.1, -0.05) is 29.8 Å². The monoisotopic (exact) mass is 483 g/mol. The number of anilines is 2. The molecule has 0 fully saturated rings. The van der Waals surface area contributed by atoms with Crippen LogP contribution in [0.5, 0.6) is 5.75 Å². The lowest BCUT2D eigenvalue weighted by atomic mass is 10.2. The number of carbonyl (C=O) groups excluding carboxylic acids is 1. The van der Waals surface area contributed by atoms with Gasteiger partial charge in [-0.3, -0.25) is 4.79 Å². The Bertz CT molecular complexity index is 976. The molecule has 0 aliphatic carbocycles. The Morgan fingerprint density at radius 1 is 1.14 bits per heavy atom. The lowest BCUT2D eigenvalue weighted by Crippen LogP contribution is -2.30. The first-order chi connectivity index (χ1) is 13.7. The van der Waals surface area contributed by atoms with Crippen LogP contribution in [0.4, 0.5) is 11.4 Å². The number of aryl methyl sites for hydroxylation is 1. The highest BCUT2D eigenvalue weighted by molar-refractivity contribution is 9.10. The van der Waals surface area contributed by atoms with Gasteiger partial charge < -0.3 is 15.4 Å². The fourth-order valence-corrected chi connectivity index (χ4v) is 4.53. The second-order valence-electron chi connectivity index (χ2n) is 6.32. The van der Waals surface area contributed by atoms with Crippen molar-refractivity contribution in [1.29, 1.82) is 0 Å². The summed E-state index contributed by atoms with van der Waals surface area (Å²) in [5.74, 6) is 0.196. The Morgan fingerprint density at radius 3 is 2.41 bits per heavy atom. The van der Waals surface area contributed by atoms with E-state index in [1.54, 1.807) is 26.0 Å². The molecule has 1 amide bonds. The number of carbonyl (C=O) groups is 1. The average Bonchev–Trinajstić information content (AvgIpc) is 2.69. The van der Waals surface area contributed by atoms with Gasteiger partial charge in [0.05, 0.1) is 24.2 Å². The van der Waals surface area contributed by atoms with Gasteiger partial charge in [0.2, 0.25) is 15.9 Å². The van der Waals surface area contributed by atoms with Gasteiger partial charge in [0.25, 0.3) is 0 Å². The zero-order valence-electron chi connectivity index (χ0n) is 17.0. The van der Waals surface area contributed by atoms with Gasteiger partial charge in [-0.2, -0.15) is 4.31 Å². The molecule has 7 nitrogen and oxygen atoms in total. The number of ether oxygens (including phenoxy) is 1. The summed E-state index contributed by atoms with van der Waals surface area (Å²) < 4.78 is 33.2. The van der Waals surface area contributed by atoms with Crippen molar-refractivity contribution in [2.45, 2.75) is 25.7 Å². The average molecular weight is 484 g/mol. The van der Waals surface area contributed by atoms with Crippen LogP contribution in [-0.4, -0.2) is 45.4 Å². The van der Waals surface area contributed by atoms with Crippen molar-refractivity contribution in [3.8, 4) is 5.75 Å². The molecule has 0 spiro atoms. The van der Waals surface area contributed by atoms with Crippen LogP contribution >= 0.6 is 15.9 Å². The lowest BCUT2D eigenvalue weighted by Gasteiger charge is -2.20. The van der Waals surface area contributed by atoms with E-state index in [9.17, 15) is 13.2 Å². The molecule has 0 saturated carbocycles. The van der Waals surface area contributed by atoms with Gasteiger partial charge in [0.15, 0.2) is 0 Å². The maximum absolute atomic E-state index is 12.8. The standard InChI is InChI=1S/C20H26BrN3O4S/c1-5-24(6-2)29(26,27)16-8-10-19(28-4)18(12-16)22-13-20(25)23-15-7-9-17(21)14(3)11-15/h7-12,22H,5-6,13H2,1-4H3,(H,23,25). The van der Waals surface area contributed by atoms with Crippen LogP contribution in [0.15, 0.2) is 45.8 Å². The number of nitrogens with one attached hydrogen (secondary N) is 2. The second-order valence-corrected chi connectivity index (χ2v) is 9.11. The predicted octanol–water partition coefficient (Wildman–Crippen LogP) is 3.85. The SMILES string of the molecule is CCN(CC)S(=O)(=O)c1ccc(OC)c(NCC(=O)Nc2ccc(Br)c(C)c2)c1. The molecule has 0 aromatic heterocycles. The summed E-state index contributed by atoms with van der Waals surface area (Å²) in [7, 11) is -2.12. The Hall–Kier alpha value is -2.10. The molecule has 0 saturated heterocycles. The van der Waals surface area contributed by atoms with Crippen LogP contribution in [0.3, 0.4) is 0 Å². The minimum atomic E-state index is -3.61. The molecule has 0 heterocycles. The van der Waals surface area contributed by atoms with Crippen LogP contribution < -0.4 is 15.4 Å². The largest absolute Gasteiger partial charge is 0.495 e. The van der Waals surface area contributed by atoms with Gasteiger partial charge in [0, 0.05) is 23.2 Å². The number of halogens is 1. The summed E-state index contributed by atoms with van der Waals surface area (Å²) >= 11 is 3.42. The van der Waals surface area contributed by atoms with Crippen LogP contribution in [0.25, 0.3) is 0 Å². The molecule has 158 valence electrons. The summed E-state index contributed by atoms with van der Waals surface area (Å²) in [5.41, 5.74) is 2.12. The van der Waals surface area contributed by atoms with Crippen molar-refractivity contribution < 1.29 is 17.9 Å². The molecule has 0 unspecified atom stereocenters. The van der Waals surface area contributed by atoms with Gasteiger partial charge >= 0.3 is 0 Å². The van der Waals surface area contributed by atoms with Crippen molar-refractivity contribution in [2.24, 2.45) is 0 Å². The van der Waals surface area contributed by atoms with Gasteiger partial charge in [-0.05, 0) is 48.9 Å². The van der Waals surface area contributed by atoms with E-state index in [0.29, 0.717) is 30.2 Å². The zero-order chi connectivity index (χ0) is 21.6. The smallest absolute Gasteiger partial charge is 0.243 e. The highest BCUT2D eigenvalue weighted by Crippen LogP contribution is 2.29. The molecule has 0 radical (unpaired) electrons. The zero-order valence-corrected chi connectivity index (χ0v) is 19.4. The van der Waals surface area contributed by atoms with Crippen LogP contribution in [0.2, 0.25) is 0 Å². The molecular formula is C20H26BrN3O4S. The van der Waals surface area contributed by atoms with E-state index >= 15 is 0 Å². The third kappa shape index (κ3) is 5.71. The fraction of sp³-hybridized carbons (Fsp3) is 0.350. The Morgan fingerprint density at radius 2 is 1.83 bits per heavy atom. The molecule has 2 N–H and O–H groups in total. The van der Waals surface area contributed by atoms with E-state index in [2.05, 4.69) is 26.6 Å². The summed E-state index contributed by atoms with van der Waals surface area (Å²) in [5, 5.41) is 5.78. The number of benzene rings is 2. The fourth-order valence-electron chi connectivity index (χ4n) is 2.80. The van der Waals surface area contributed by atoms with E-state index in [1.165, 1.54) is 23.5 Å². The van der Waals surface area contributed by atoms with Crippen LogP contribution in [0.1, 0.15) is 19.4 Å². The normalized spacial score (nSPS) is 11.4. The van der Waals surface area contributed by atoms with Crippen LogP contribution in [0, 0.1) is 6.92 Å². The van der Waals surface area contributed by atoms with Crippen molar-refractivity contribution >= 4 is 43.2 Å². The summed E-state index contributed by atoms with van der Waals surface area (Å²) in [6.45, 7) is 6.23. The highest BCUT2D eigenvalue weighted by atomic mass is 79.9. The second kappa shape index (κ2) is 10.1. The predicted molar refractivity (Wildman–Crippen MR) is 119 cm³/mol. The number of nitrogens with zero attached hydrogens (tertiary/aromatic N) is 1. The minimum Gasteiger partial charge on any atom is -0.495 e. The number of sulfonamides is 1. The summed E-state index contributed by atoms with van der Waals surface area (Å²) in [6, 6.07) is 10.1. The van der Waals surface area contributed by atoms with E-state index in [1.807, 2.05) is 19.1 Å². The number of hydrogen-bond donors (Lipinski definition) is 2. The maximum atomic E-state index is 12.8. The van der Waals surface area contributed by atoms with Crippen molar-refractivity contribution in [2.75, 3.05) is 37.4 Å². The number of hydrogen-bond acceptors (Lipinski definition) is 5. The Kier molecular flexibility index (Phi) is 8.06. The van der Waals surface area contributed by atoms with E-state index < -0.39 is 10.0 Å². The molecule has 0 aliphatic rings. The first-order valence-electron chi connectivity index (χ1n) is 9.21.